The second kappa shape index (κ2) is 12.9. The molecule has 0 aliphatic carbocycles. The average molecular weight is 529 g/mol. The molecule has 0 aliphatic heterocycles. The zero-order valence-electron chi connectivity index (χ0n) is 20.4. The van der Waals surface area contributed by atoms with E-state index in [1.54, 1.807) is 43.8 Å². The van der Waals surface area contributed by atoms with E-state index in [0.717, 1.165) is 34.5 Å². The number of amides is 1. The Morgan fingerprint density at radius 3 is 2.69 bits per heavy atom. The maximum Gasteiger partial charge on any atom is 0.252 e. The fourth-order valence-corrected chi connectivity index (χ4v) is 4.66. The predicted molar refractivity (Wildman–Crippen MR) is 146 cm³/mol. The van der Waals surface area contributed by atoms with Gasteiger partial charge >= 0.3 is 0 Å². The van der Waals surface area contributed by atoms with Crippen LogP contribution >= 0.6 is 23.7 Å². The van der Waals surface area contributed by atoms with Crippen LogP contribution in [0.5, 0.6) is 17.2 Å². The smallest absolute Gasteiger partial charge is 0.252 e. The van der Waals surface area contributed by atoms with Crippen LogP contribution in [-0.2, 0) is 11.3 Å². The molecule has 0 saturated carbocycles. The van der Waals surface area contributed by atoms with Crippen LogP contribution in [0.2, 0.25) is 0 Å². The second-order valence-corrected chi connectivity index (χ2v) is 8.63. The van der Waals surface area contributed by atoms with Gasteiger partial charge in [-0.3, -0.25) is 9.69 Å². The third-order valence-corrected chi connectivity index (χ3v) is 6.39. The van der Waals surface area contributed by atoms with Crippen molar-refractivity contribution in [3.05, 3.63) is 66.8 Å². The maximum atomic E-state index is 13.4. The van der Waals surface area contributed by atoms with Gasteiger partial charge in [-0.1, -0.05) is 23.5 Å². The molecule has 0 bridgehead atoms. The first kappa shape index (κ1) is 27.0. The quantitative estimate of drug-likeness (QED) is 0.240. The van der Waals surface area contributed by atoms with Crippen molar-refractivity contribution in [1.29, 1.82) is 0 Å². The number of rotatable bonds is 11. The van der Waals surface area contributed by atoms with E-state index >= 15 is 0 Å². The highest BCUT2D eigenvalue weighted by molar-refractivity contribution is 7.22. The van der Waals surface area contributed by atoms with E-state index < -0.39 is 0 Å². The molecule has 0 fully saturated rings. The number of aryl methyl sites for hydroxylation is 1. The Labute approximate surface area is 220 Å². The number of anilines is 1. The molecular formula is C26H29ClN4O4S. The lowest BCUT2D eigenvalue weighted by Crippen LogP contribution is -2.30. The van der Waals surface area contributed by atoms with Gasteiger partial charge < -0.3 is 18.8 Å². The molecule has 0 spiro atoms. The van der Waals surface area contributed by atoms with Crippen molar-refractivity contribution < 1.29 is 19.0 Å². The first-order chi connectivity index (χ1) is 17.1. The van der Waals surface area contributed by atoms with E-state index in [1.807, 2.05) is 54.1 Å². The molecule has 4 rings (SSSR count). The SMILES string of the molecule is CCOc1cccc2sc(N(CCCn3ccnc3)C(=O)/C=C/c3ccc(OC)c(OC)c3)nc12.Cl. The van der Waals surface area contributed by atoms with Gasteiger partial charge in [-0.05, 0) is 49.2 Å². The summed E-state index contributed by atoms with van der Waals surface area (Å²) >= 11 is 1.48. The molecule has 0 unspecified atom stereocenters. The summed E-state index contributed by atoms with van der Waals surface area (Å²) in [5.41, 5.74) is 1.60. The topological polar surface area (TPSA) is 78.7 Å². The lowest BCUT2D eigenvalue weighted by Gasteiger charge is -2.18. The van der Waals surface area contributed by atoms with Gasteiger partial charge in [0.25, 0.3) is 5.91 Å². The number of fused-ring (bicyclic) bond motifs is 1. The van der Waals surface area contributed by atoms with Crippen LogP contribution in [0.1, 0.15) is 18.9 Å². The van der Waals surface area contributed by atoms with Crippen LogP contribution in [0, 0.1) is 0 Å². The van der Waals surface area contributed by atoms with E-state index in [9.17, 15) is 4.79 Å². The molecule has 36 heavy (non-hydrogen) atoms. The van der Waals surface area contributed by atoms with Crippen LogP contribution in [0.15, 0.2) is 61.2 Å². The number of carbonyl (C=O) groups is 1. The van der Waals surface area contributed by atoms with Crippen LogP contribution in [-0.4, -0.2) is 47.8 Å². The van der Waals surface area contributed by atoms with Crippen molar-refractivity contribution in [3.63, 3.8) is 0 Å². The molecule has 0 N–H and O–H groups in total. The molecule has 2 aromatic carbocycles. The number of aromatic nitrogens is 3. The summed E-state index contributed by atoms with van der Waals surface area (Å²) in [4.78, 5) is 24.0. The van der Waals surface area contributed by atoms with Gasteiger partial charge in [0.2, 0.25) is 0 Å². The zero-order chi connectivity index (χ0) is 24.6. The van der Waals surface area contributed by atoms with Gasteiger partial charge in [0, 0.05) is 31.6 Å². The van der Waals surface area contributed by atoms with Crippen LogP contribution in [0.4, 0.5) is 5.13 Å². The number of ether oxygens (including phenoxy) is 3. The van der Waals surface area contributed by atoms with Crippen LogP contribution < -0.4 is 19.1 Å². The lowest BCUT2D eigenvalue weighted by molar-refractivity contribution is -0.114. The molecule has 2 aromatic heterocycles. The summed E-state index contributed by atoms with van der Waals surface area (Å²) in [7, 11) is 3.18. The monoisotopic (exact) mass is 528 g/mol. The van der Waals surface area contributed by atoms with E-state index in [1.165, 1.54) is 11.3 Å². The summed E-state index contributed by atoms with van der Waals surface area (Å²) < 4.78 is 19.4. The number of hydrogen-bond acceptors (Lipinski definition) is 7. The number of imidazole rings is 1. The Hall–Kier alpha value is -3.56. The van der Waals surface area contributed by atoms with Gasteiger partial charge in [-0.15, -0.1) is 12.4 Å². The van der Waals surface area contributed by atoms with Crippen LogP contribution in [0.3, 0.4) is 0 Å². The molecule has 0 saturated heterocycles. The maximum absolute atomic E-state index is 13.4. The van der Waals surface area contributed by atoms with E-state index in [2.05, 4.69) is 4.98 Å². The van der Waals surface area contributed by atoms with Gasteiger partial charge in [-0.25, -0.2) is 9.97 Å². The van der Waals surface area contributed by atoms with Crippen molar-refractivity contribution >= 4 is 51.1 Å². The summed E-state index contributed by atoms with van der Waals surface area (Å²) in [5.74, 6) is 1.81. The standard InChI is InChI=1S/C26H28N4O4S.ClH/c1-4-34-21-7-5-8-23-25(21)28-26(35-23)30(15-6-14-29-16-13-27-18-29)24(31)12-10-19-9-11-20(32-2)22(17-19)33-3;/h5,7-13,16-18H,4,6,14-15H2,1-3H3;1H/b12-10+;. The molecular weight excluding hydrogens is 500 g/mol. The van der Waals surface area contributed by atoms with Gasteiger partial charge in [-0.2, -0.15) is 0 Å². The Bertz CT molecular complexity index is 1310. The Morgan fingerprint density at radius 2 is 1.97 bits per heavy atom. The van der Waals surface area contributed by atoms with E-state index in [0.29, 0.717) is 29.8 Å². The number of benzene rings is 2. The minimum Gasteiger partial charge on any atom is -0.493 e. The first-order valence-electron chi connectivity index (χ1n) is 11.3. The van der Waals surface area contributed by atoms with E-state index in [-0.39, 0.29) is 18.3 Å². The lowest BCUT2D eigenvalue weighted by atomic mass is 10.2. The van der Waals surface area contributed by atoms with Gasteiger partial charge in [0.1, 0.15) is 11.3 Å². The fraction of sp³-hybridized carbons (Fsp3) is 0.269. The minimum absolute atomic E-state index is 0. The number of nitrogens with zero attached hydrogens (tertiary/aromatic N) is 4. The number of halogens is 1. The van der Waals surface area contributed by atoms with Crippen molar-refractivity contribution in [2.24, 2.45) is 0 Å². The third-order valence-electron chi connectivity index (χ3n) is 5.35. The Kier molecular flexibility index (Phi) is 9.72. The molecule has 190 valence electrons. The number of methoxy groups -OCH3 is 2. The van der Waals surface area contributed by atoms with Crippen LogP contribution in [0.25, 0.3) is 16.3 Å². The van der Waals surface area contributed by atoms with Crippen molar-refractivity contribution in [2.75, 3.05) is 32.3 Å². The number of thiazole rings is 1. The minimum atomic E-state index is -0.151. The summed E-state index contributed by atoms with van der Waals surface area (Å²) in [5, 5.41) is 0.639. The highest BCUT2D eigenvalue weighted by Crippen LogP contribution is 2.34. The molecule has 0 aliphatic rings. The Balaban J connectivity index is 0.00000361. The highest BCUT2D eigenvalue weighted by atomic mass is 35.5. The van der Waals surface area contributed by atoms with Gasteiger partial charge in [0.15, 0.2) is 16.6 Å². The summed E-state index contributed by atoms with van der Waals surface area (Å²) in [6.07, 6.45) is 9.52. The predicted octanol–water partition coefficient (Wildman–Crippen LogP) is 5.47. The fourth-order valence-electron chi connectivity index (χ4n) is 3.64. The second-order valence-electron chi connectivity index (χ2n) is 7.62. The molecule has 8 nitrogen and oxygen atoms in total. The first-order valence-corrected chi connectivity index (χ1v) is 12.1. The molecule has 2 heterocycles. The van der Waals surface area contributed by atoms with Crippen molar-refractivity contribution in [1.82, 2.24) is 14.5 Å². The summed E-state index contributed by atoms with van der Waals surface area (Å²) in [6.45, 7) is 3.75. The molecule has 1 amide bonds. The third kappa shape index (κ3) is 6.35. The van der Waals surface area contributed by atoms with Gasteiger partial charge in [0.05, 0.1) is 31.9 Å². The average Bonchev–Trinajstić information content (AvgIpc) is 3.55. The Morgan fingerprint density at radius 1 is 1.14 bits per heavy atom. The molecule has 4 aromatic rings. The molecule has 10 heteroatoms. The highest BCUT2D eigenvalue weighted by Gasteiger charge is 2.19. The van der Waals surface area contributed by atoms with Crippen molar-refractivity contribution in [2.45, 2.75) is 19.9 Å². The number of hydrogen-bond donors (Lipinski definition) is 0. The summed E-state index contributed by atoms with van der Waals surface area (Å²) in [6, 6.07) is 11.4. The van der Waals surface area contributed by atoms with E-state index in [4.69, 9.17) is 19.2 Å². The number of para-hydroxylation sites is 1. The largest absolute Gasteiger partial charge is 0.493 e. The zero-order valence-corrected chi connectivity index (χ0v) is 22.1. The number of carbonyl (C=O) groups excluding carboxylic acids is 1. The normalized spacial score (nSPS) is 10.9. The van der Waals surface area contributed by atoms with Crippen molar-refractivity contribution in [3.8, 4) is 17.2 Å². The molecule has 0 radical (unpaired) electrons. The molecule has 0 atom stereocenters.